The molecule has 0 bridgehead atoms. The van der Waals surface area contributed by atoms with Crippen molar-refractivity contribution in [2.24, 2.45) is 0 Å². The molecule has 0 spiro atoms. The number of ether oxygens (including phenoxy) is 1. The van der Waals surface area contributed by atoms with Crippen LogP contribution in [-0.4, -0.2) is 49.1 Å². The van der Waals surface area contributed by atoms with E-state index in [0.717, 1.165) is 41.8 Å². The molecule has 180 valence electrons. The van der Waals surface area contributed by atoms with Gasteiger partial charge in [0.25, 0.3) is 0 Å². The van der Waals surface area contributed by atoms with Crippen LogP contribution < -0.4 is 10.1 Å². The van der Waals surface area contributed by atoms with Crippen molar-refractivity contribution in [1.29, 1.82) is 0 Å². The van der Waals surface area contributed by atoms with Gasteiger partial charge < -0.3 is 20.3 Å². The van der Waals surface area contributed by atoms with E-state index in [-0.39, 0.29) is 13.0 Å². The van der Waals surface area contributed by atoms with Crippen LogP contribution in [0.1, 0.15) is 41.3 Å². The van der Waals surface area contributed by atoms with Gasteiger partial charge in [0.2, 0.25) is 0 Å². The summed E-state index contributed by atoms with van der Waals surface area (Å²) in [6.07, 6.45) is 7.62. The lowest BCUT2D eigenvalue weighted by atomic mass is 10.0. The number of pyridine rings is 2. The van der Waals surface area contributed by atoms with Crippen molar-refractivity contribution in [3.63, 3.8) is 0 Å². The predicted molar refractivity (Wildman–Crippen MR) is 131 cm³/mol. The number of nitrogens with zero attached hydrogens (tertiary/aromatic N) is 4. The predicted octanol–water partition coefficient (Wildman–Crippen LogP) is 3.36. The molecule has 9 heteroatoms. The fourth-order valence-electron chi connectivity index (χ4n) is 4.44. The van der Waals surface area contributed by atoms with E-state index in [1.807, 2.05) is 18.2 Å². The van der Waals surface area contributed by atoms with E-state index >= 15 is 0 Å². The Kier molecular flexibility index (Phi) is 6.58. The molecule has 3 aromatic heterocycles. The number of aliphatic carboxylic acids is 1. The first-order valence-corrected chi connectivity index (χ1v) is 11.7. The number of aliphatic hydroxyl groups is 1. The third-order valence-corrected chi connectivity index (χ3v) is 6.19. The number of benzene rings is 1. The number of carboxylic acid groups (broad SMARTS) is 1. The lowest BCUT2D eigenvalue weighted by Gasteiger charge is -2.18. The maximum absolute atomic E-state index is 11.6. The van der Waals surface area contributed by atoms with Crippen molar-refractivity contribution in [2.45, 2.75) is 38.3 Å². The molecule has 1 aliphatic heterocycles. The molecule has 1 aromatic carbocycles. The third kappa shape index (κ3) is 5.09. The van der Waals surface area contributed by atoms with E-state index in [4.69, 9.17) is 9.72 Å². The monoisotopic (exact) mass is 473 g/mol. The summed E-state index contributed by atoms with van der Waals surface area (Å²) in [4.78, 5) is 20.5. The van der Waals surface area contributed by atoms with Gasteiger partial charge in [-0.05, 0) is 59.9 Å². The maximum atomic E-state index is 11.6. The van der Waals surface area contributed by atoms with Crippen molar-refractivity contribution >= 4 is 22.7 Å². The fourth-order valence-corrected chi connectivity index (χ4v) is 4.44. The highest BCUT2D eigenvalue weighted by molar-refractivity contribution is 5.81. The molecule has 0 saturated carbocycles. The Morgan fingerprint density at radius 1 is 1.17 bits per heavy atom. The minimum absolute atomic E-state index is 0.159. The summed E-state index contributed by atoms with van der Waals surface area (Å²) < 4.78 is 7.67. The Morgan fingerprint density at radius 3 is 2.94 bits per heavy atom. The van der Waals surface area contributed by atoms with Crippen LogP contribution in [0.3, 0.4) is 0 Å². The maximum Gasteiger partial charge on any atom is 0.305 e. The number of hydrogen-bond donors (Lipinski definition) is 3. The average Bonchev–Trinajstić information content (AvgIpc) is 3.30. The minimum atomic E-state index is -0.945. The molecule has 0 amide bonds. The van der Waals surface area contributed by atoms with Gasteiger partial charge in [-0.2, -0.15) is 5.10 Å². The van der Waals surface area contributed by atoms with Crippen molar-refractivity contribution in [3.8, 4) is 5.75 Å². The molecule has 1 atom stereocenters. The SMILES string of the molecule is O=C(O)C[C@@H](c1cncc(CO)c1)n1ncc2cc(OCCc3ccc4c(n3)NCCC4)ccc21. The summed E-state index contributed by atoms with van der Waals surface area (Å²) in [6.45, 7) is 1.29. The molecular weight excluding hydrogens is 446 g/mol. The molecule has 4 aromatic rings. The molecule has 4 heterocycles. The Bertz CT molecular complexity index is 1350. The quantitative estimate of drug-likeness (QED) is 0.338. The van der Waals surface area contributed by atoms with Crippen LogP contribution >= 0.6 is 0 Å². The van der Waals surface area contributed by atoms with E-state index in [0.29, 0.717) is 29.9 Å². The average molecular weight is 474 g/mol. The summed E-state index contributed by atoms with van der Waals surface area (Å²) >= 11 is 0. The Balaban J connectivity index is 1.32. The highest BCUT2D eigenvalue weighted by atomic mass is 16.5. The van der Waals surface area contributed by atoms with Crippen molar-refractivity contribution in [3.05, 3.63) is 77.4 Å². The van der Waals surface area contributed by atoms with Crippen LogP contribution in [0.15, 0.2) is 55.0 Å². The number of carbonyl (C=O) groups is 1. The highest BCUT2D eigenvalue weighted by Crippen LogP contribution is 2.29. The largest absolute Gasteiger partial charge is 0.493 e. The third-order valence-electron chi connectivity index (χ3n) is 6.19. The van der Waals surface area contributed by atoms with Gasteiger partial charge in [-0.25, -0.2) is 4.98 Å². The van der Waals surface area contributed by atoms with Crippen LogP contribution in [0.5, 0.6) is 5.75 Å². The number of rotatable bonds is 9. The molecule has 0 aliphatic carbocycles. The van der Waals surface area contributed by atoms with E-state index in [2.05, 4.69) is 27.5 Å². The number of fused-ring (bicyclic) bond motifs is 2. The molecule has 5 rings (SSSR count). The lowest BCUT2D eigenvalue weighted by Crippen LogP contribution is -2.17. The Morgan fingerprint density at radius 2 is 2.09 bits per heavy atom. The molecule has 3 N–H and O–H groups in total. The topological polar surface area (TPSA) is 122 Å². The number of aromatic nitrogens is 4. The van der Waals surface area contributed by atoms with Gasteiger partial charge in [0.1, 0.15) is 11.6 Å². The van der Waals surface area contributed by atoms with E-state index < -0.39 is 12.0 Å². The number of aryl methyl sites for hydroxylation is 1. The Hall–Kier alpha value is -3.98. The first kappa shape index (κ1) is 22.8. The second-order valence-corrected chi connectivity index (χ2v) is 8.65. The molecule has 0 unspecified atom stereocenters. The van der Waals surface area contributed by atoms with Crippen molar-refractivity contribution in [1.82, 2.24) is 19.7 Å². The van der Waals surface area contributed by atoms with Crippen molar-refractivity contribution < 1.29 is 19.7 Å². The molecule has 1 aliphatic rings. The first-order valence-electron chi connectivity index (χ1n) is 11.7. The molecule has 0 fully saturated rings. The zero-order chi connectivity index (χ0) is 24.2. The van der Waals surface area contributed by atoms with Crippen molar-refractivity contribution in [2.75, 3.05) is 18.5 Å². The zero-order valence-corrected chi connectivity index (χ0v) is 19.2. The zero-order valence-electron chi connectivity index (χ0n) is 19.2. The van der Waals surface area contributed by atoms with Crippen LogP contribution in [-0.2, 0) is 24.2 Å². The molecule has 0 saturated heterocycles. The van der Waals surface area contributed by atoms with E-state index in [1.54, 1.807) is 29.3 Å². The van der Waals surface area contributed by atoms with Gasteiger partial charge in [-0.1, -0.05) is 6.07 Å². The minimum Gasteiger partial charge on any atom is -0.493 e. The van der Waals surface area contributed by atoms with Gasteiger partial charge >= 0.3 is 5.97 Å². The standard InChI is InChI=1S/C26H27N5O4/c32-16-17-10-19(14-27-13-17)24(12-25(33)34)31-23-6-5-22(11-20(23)15-29-31)35-9-7-21-4-3-18-2-1-8-28-26(18)30-21/h3-6,10-11,13-15,24,32H,1-2,7-9,12,16H2,(H,28,30)(H,33,34)/t24-/m0/s1. The molecule has 0 radical (unpaired) electrons. The van der Waals surface area contributed by atoms with Gasteiger partial charge in [0.05, 0.1) is 37.4 Å². The summed E-state index contributed by atoms with van der Waals surface area (Å²) in [5.74, 6) is 0.754. The smallest absolute Gasteiger partial charge is 0.305 e. The van der Waals surface area contributed by atoms with Gasteiger partial charge in [-0.3, -0.25) is 14.5 Å². The van der Waals surface area contributed by atoms with Gasteiger partial charge in [0, 0.05) is 36.4 Å². The summed E-state index contributed by atoms with van der Waals surface area (Å²) in [7, 11) is 0. The number of anilines is 1. The number of aliphatic hydroxyl groups excluding tert-OH is 1. The number of nitrogens with one attached hydrogen (secondary N) is 1. The lowest BCUT2D eigenvalue weighted by molar-refractivity contribution is -0.137. The Labute approximate surface area is 202 Å². The number of hydrogen-bond acceptors (Lipinski definition) is 7. The number of carboxylic acids is 1. The van der Waals surface area contributed by atoms with Gasteiger partial charge in [-0.15, -0.1) is 0 Å². The first-order chi connectivity index (χ1) is 17.1. The van der Waals surface area contributed by atoms with E-state index in [9.17, 15) is 15.0 Å². The van der Waals surface area contributed by atoms with Crippen LogP contribution in [0, 0.1) is 0 Å². The molecular formula is C26H27N5O4. The summed E-state index contributed by atoms with van der Waals surface area (Å²) in [5.41, 5.74) is 4.34. The highest BCUT2D eigenvalue weighted by Gasteiger charge is 2.21. The fraction of sp³-hybridized carbons (Fsp3) is 0.308. The summed E-state index contributed by atoms with van der Waals surface area (Å²) in [5, 5.41) is 27.6. The molecule has 9 nitrogen and oxygen atoms in total. The van der Waals surface area contributed by atoms with Crippen LogP contribution in [0.2, 0.25) is 0 Å². The van der Waals surface area contributed by atoms with Crippen LogP contribution in [0.4, 0.5) is 5.82 Å². The van der Waals surface area contributed by atoms with Crippen LogP contribution in [0.25, 0.3) is 10.9 Å². The second kappa shape index (κ2) is 10.1. The van der Waals surface area contributed by atoms with E-state index in [1.165, 1.54) is 5.56 Å². The second-order valence-electron chi connectivity index (χ2n) is 8.65. The molecule has 35 heavy (non-hydrogen) atoms. The van der Waals surface area contributed by atoms with Gasteiger partial charge in [0.15, 0.2) is 0 Å². The normalized spacial score (nSPS) is 13.7. The summed E-state index contributed by atoms with van der Waals surface area (Å²) in [6, 6.07) is 11.1.